The molecule has 2 N–H and O–H groups in total. The van der Waals surface area contributed by atoms with Gasteiger partial charge in [-0.2, -0.15) is 0 Å². The zero-order valence-electron chi connectivity index (χ0n) is 15.3. The number of rotatable bonds is 9. The first-order chi connectivity index (χ1) is 12.6. The van der Waals surface area contributed by atoms with Gasteiger partial charge in [0.2, 0.25) is 5.88 Å². The topological polar surface area (TPSA) is 90.7 Å². The molecule has 0 aliphatic carbocycles. The highest BCUT2D eigenvalue weighted by Crippen LogP contribution is 2.09. The number of likely N-dealkylation sites (N-methyl/N-ethyl adjacent to an activating group) is 1. The molecule has 0 aliphatic rings. The quantitative estimate of drug-likeness (QED) is 0.660. The Hall–Kier alpha value is -2.67. The molecule has 0 aliphatic heterocycles. The van der Waals surface area contributed by atoms with E-state index < -0.39 is 11.2 Å². The summed E-state index contributed by atoms with van der Waals surface area (Å²) in [5.74, 6) is -0.346. The van der Waals surface area contributed by atoms with Crippen LogP contribution in [0.2, 0.25) is 0 Å². The summed E-state index contributed by atoms with van der Waals surface area (Å²) in [6.45, 7) is 7.58. The van der Waals surface area contributed by atoms with E-state index >= 15 is 0 Å². The second kappa shape index (κ2) is 9.72. The van der Waals surface area contributed by atoms with Gasteiger partial charge in [-0.1, -0.05) is 44.2 Å². The summed E-state index contributed by atoms with van der Waals surface area (Å²) >= 11 is 0. The molecule has 0 radical (unpaired) electrons. The summed E-state index contributed by atoms with van der Waals surface area (Å²) in [5.41, 5.74) is -0.199. The lowest BCUT2D eigenvalue weighted by molar-refractivity contribution is 0.313. The van der Waals surface area contributed by atoms with Gasteiger partial charge in [-0.05, 0) is 25.1 Å². The molecule has 0 amide bonds. The van der Waals surface area contributed by atoms with Crippen LogP contribution >= 0.6 is 0 Å². The summed E-state index contributed by atoms with van der Waals surface area (Å²) in [6.07, 6.45) is 1.91. The Morgan fingerprint density at radius 2 is 1.88 bits per heavy atom. The maximum atomic E-state index is 12.0. The van der Waals surface area contributed by atoms with Crippen molar-refractivity contribution in [1.29, 1.82) is 0 Å². The number of nitrogens with one attached hydrogen (secondary N) is 1. The number of nitrogens with zero attached hydrogens (tertiary/aromatic N) is 3. The lowest BCUT2D eigenvalue weighted by Gasteiger charge is -2.15. The van der Waals surface area contributed by atoms with Gasteiger partial charge in [0.05, 0.1) is 6.54 Å². The number of hydrogen-bond acceptors (Lipinski definition) is 5. The van der Waals surface area contributed by atoms with Crippen LogP contribution in [0.15, 0.2) is 44.9 Å². The fourth-order valence-electron chi connectivity index (χ4n) is 2.68. The number of aromatic hydroxyl groups is 1. The van der Waals surface area contributed by atoms with Crippen molar-refractivity contribution < 1.29 is 5.11 Å². The molecule has 1 heterocycles. The lowest BCUT2D eigenvalue weighted by Crippen LogP contribution is -2.32. The Kier molecular flexibility index (Phi) is 7.35. The van der Waals surface area contributed by atoms with Gasteiger partial charge in [0.1, 0.15) is 5.56 Å². The van der Waals surface area contributed by atoms with E-state index in [2.05, 4.69) is 28.7 Å². The van der Waals surface area contributed by atoms with Crippen molar-refractivity contribution >= 4 is 6.21 Å². The van der Waals surface area contributed by atoms with E-state index in [1.54, 1.807) is 0 Å². The van der Waals surface area contributed by atoms with Crippen LogP contribution in [0, 0.1) is 0 Å². The van der Waals surface area contributed by atoms with E-state index in [1.807, 2.05) is 30.3 Å². The van der Waals surface area contributed by atoms with Crippen LogP contribution in [0.1, 0.15) is 25.0 Å². The molecule has 0 atom stereocenters. The highest BCUT2D eigenvalue weighted by Gasteiger charge is 2.12. The van der Waals surface area contributed by atoms with Gasteiger partial charge < -0.3 is 10.0 Å². The molecule has 7 heteroatoms. The molecule has 2 aromatic rings. The van der Waals surface area contributed by atoms with Crippen LogP contribution in [0.4, 0.5) is 0 Å². The highest BCUT2D eigenvalue weighted by atomic mass is 16.3. The predicted molar refractivity (Wildman–Crippen MR) is 103 cm³/mol. The second-order valence-corrected chi connectivity index (χ2v) is 5.95. The number of aryl methyl sites for hydroxylation is 1. The van der Waals surface area contributed by atoms with Crippen molar-refractivity contribution in [3.8, 4) is 5.88 Å². The second-order valence-electron chi connectivity index (χ2n) is 5.95. The molecule has 0 saturated heterocycles. The Balaban J connectivity index is 2.14. The van der Waals surface area contributed by atoms with Crippen LogP contribution in [0.5, 0.6) is 5.88 Å². The van der Waals surface area contributed by atoms with Crippen molar-refractivity contribution in [2.45, 2.75) is 26.8 Å². The average molecular weight is 358 g/mol. The molecular weight excluding hydrogens is 332 g/mol. The minimum atomic E-state index is -0.630. The molecule has 2 rings (SSSR count). The van der Waals surface area contributed by atoms with Crippen molar-refractivity contribution in [1.82, 2.24) is 14.5 Å². The highest BCUT2D eigenvalue weighted by molar-refractivity contribution is 5.81. The molecule has 1 aromatic heterocycles. The van der Waals surface area contributed by atoms with Gasteiger partial charge in [-0.15, -0.1) is 0 Å². The number of aliphatic imine (C=N–C) groups is 1. The molecule has 140 valence electrons. The molecule has 0 spiro atoms. The first-order valence-electron chi connectivity index (χ1n) is 8.89. The van der Waals surface area contributed by atoms with Gasteiger partial charge in [0, 0.05) is 19.3 Å². The molecule has 26 heavy (non-hydrogen) atoms. The van der Waals surface area contributed by atoms with Crippen molar-refractivity contribution in [3.63, 3.8) is 0 Å². The summed E-state index contributed by atoms with van der Waals surface area (Å²) in [4.78, 5) is 32.7. The van der Waals surface area contributed by atoms with Crippen LogP contribution in [-0.2, 0) is 13.0 Å². The maximum absolute atomic E-state index is 12.0. The van der Waals surface area contributed by atoms with Crippen molar-refractivity contribution in [3.05, 3.63) is 62.3 Å². The van der Waals surface area contributed by atoms with E-state index in [-0.39, 0.29) is 18.0 Å². The van der Waals surface area contributed by atoms with E-state index in [0.717, 1.165) is 25.2 Å². The number of H-pyrrole nitrogens is 1. The predicted octanol–water partition coefficient (Wildman–Crippen LogP) is 1.25. The van der Waals surface area contributed by atoms with E-state index in [0.29, 0.717) is 13.0 Å². The third kappa shape index (κ3) is 5.16. The first-order valence-corrected chi connectivity index (χ1v) is 8.89. The van der Waals surface area contributed by atoms with Crippen LogP contribution in [0.25, 0.3) is 0 Å². The molecule has 0 saturated carbocycles. The average Bonchev–Trinajstić information content (AvgIpc) is 2.64. The third-order valence-corrected chi connectivity index (χ3v) is 4.33. The van der Waals surface area contributed by atoms with E-state index in [9.17, 15) is 14.7 Å². The standard InChI is InChI=1S/C19H26N4O3/c1-3-22(4-2)13-11-20-14-16-17(24)21-19(26)23(18(16)25)12-10-15-8-6-5-7-9-15/h5-9,14,25H,3-4,10-13H2,1-2H3,(H,21,24,26). The van der Waals surface area contributed by atoms with Gasteiger partial charge in [-0.25, -0.2) is 4.79 Å². The van der Waals surface area contributed by atoms with Gasteiger partial charge in [0.15, 0.2) is 0 Å². The Bertz CT molecular complexity index is 836. The monoisotopic (exact) mass is 358 g/mol. The number of benzene rings is 1. The summed E-state index contributed by atoms with van der Waals surface area (Å²) in [5, 5.41) is 10.4. The Labute approximate surface area is 152 Å². The largest absolute Gasteiger partial charge is 0.494 e. The van der Waals surface area contributed by atoms with Gasteiger partial charge in [-0.3, -0.25) is 19.3 Å². The molecule has 0 unspecified atom stereocenters. The smallest absolute Gasteiger partial charge is 0.331 e. The molecule has 0 bridgehead atoms. The number of aromatic nitrogens is 2. The molecule has 7 nitrogen and oxygen atoms in total. The van der Waals surface area contributed by atoms with Gasteiger partial charge >= 0.3 is 5.69 Å². The van der Waals surface area contributed by atoms with Crippen LogP contribution < -0.4 is 11.2 Å². The van der Waals surface area contributed by atoms with Crippen LogP contribution in [-0.4, -0.2) is 52.0 Å². The Morgan fingerprint density at radius 3 is 2.54 bits per heavy atom. The zero-order chi connectivity index (χ0) is 18.9. The number of aromatic amines is 1. The Morgan fingerprint density at radius 1 is 1.19 bits per heavy atom. The lowest BCUT2D eigenvalue weighted by atomic mass is 10.1. The van der Waals surface area contributed by atoms with Crippen molar-refractivity contribution in [2.24, 2.45) is 4.99 Å². The van der Waals surface area contributed by atoms with Gasteiger partial charge in [0.25, 0.3) is 5.56 Å². The minimum absolute atomic E-state index is 0.0113. The van der Waals surface area contributed by atoms with E-state index in [1.165, 1.54) is 10.8 Å². The summed E-state index contributed by atoms with van der Waals surface area (Å²) in [6, 6.07) is 9.64. The molecule has 1 aromatic carbocycles. The minimum Gasteiger partial charge on any atom is -0.494 e. The number of hydrogen-bond donors (Lipinski definition) is 2. The van der Waals surface area contributed by atoms with Crippen LogP contribution in [0.3, 0.4) is 0 Å². The van der Waals surface area contributed by atoms with Crippen molar-refractivity contribution in [2.75, 3.05) is 26.2 Å². The first kappa shape index (κ1) is 19.7. The fourth-order valence-corrected chi connectivity index (χ4v) is 2.68. The summed E-state index contributed by atoms with van der Waals surface area (Å²) in [7, 11) is 0. The fraction of sp³-hybridized carbons (Fsp3) is 0.421. The molecule has 0 fully saturated rings. The van der Waals surface area contributed by atoms with E-state index in [4.69, 9.17) is 0 Å². The maximum Gasteiger partial charge on any atom is 0.331 e. The molecular formula is C19H26N4O3. The SMILES string of the molecule is CCN(CC)CCN=Cc1c(O)n(CCc2ccccc2)c(=O)[nH]c1=O. The summed E-state index contributed by atoms with van der Waals surface area (Å²) < 4.78 is 1.17. The zero-order valence-corrected chi connectivity index (χ0v) is 15.3. The normalized spacial score (nSPS) is 11.5. The third-order valence-electron chi connectivity index (χ3n) is 4.33.